The highest BCUT2D eigenvalue weighted by molar-refractivity contribution is 9.10. The Balaban J connectivity index is 2.02. The van der Waals surface area contributed by atoms with Gasteiger partial charge in [-0.25, -0.2) is 4.98 Å². The van der Waals surface area contributed by atoms with E-state index in [0.717, 1.165) is 23.7 Å². The van der Waals surface area contributed by atoms with Crippen molar-refractivity contribution in [1.82, 2.24) is 4.98 Å². The molecule has 15 heavy (non-hydrogen) atoms. The highest BCUT2D eigenvalue weighted by Crippen LogP contribution is 2.30. The molecule has 1 aliphatic carbocycles. The van der Waals surface area contributed by atoms with Gasteiger partial charge in [-0.3, -0.25) is 4.79 Å². The van der Waals surface area contributed by atoms with Crippen LogP contribution in [0.2, 0.25) is 0 Å². The molecule has 0 saturated heterocycles. The quantitative estimate of drug-likeness (QED) is 0.858. The van der Waals surface area contributed by atoms with Gasteiger partial charge < -0.3 is 11.1 Å². The van der Waals surface area contributed by atoms with Gasteiger partial charge in [0.2, 0.25) is 5.91 Å². The number of hydrogen-bond acceptors (Lipinski definition) is 3. The van der Waals surface area contributed by atoms with E-state index in [1.165, 1.54) is 0 Å². The van der Waals surface area contributed by atoms with E-state index in [2.05, 4.69) is 26.2 Å². The summed E-state index contributed by atoms with van der Waals surface area (Å²) in [6.45, 7) is 0. The highest BCUT2D eigenvalue weighted by atomic mass is 79.9. The third-order valence-corrected chi connectivity index (χ3v) is 3.14. The first kappa shape index (κ1) is 10.6. The normalized spacial score (nSPS) is 18.0. The average Bonchev–Trinajstić information content (AvgIpc) is 2.18. The predicted octanol–water partition coefficient (Wildman–Crippen LogP) is 1.66. The molecule has 0 radical (unpaired) electrons. The molecule has 2 rings (SSSR count). The lowest BCUT2D eigenvalue weighted by atomic mass is 9.77. The Kier molecular flexibility index (Phi) is 2.75. The molecule has 0 bridgehead atoms. The number of hydrogen-bond donors (Lipinski definition) is 2. The number of pyridine rings is 1. The number of aromatic nitrogens is 1. The number of nitrogens with two attached hydrogens (primary N) is 1. The number of nitrogens with zero attached hydrogens (tertiary/aromatic N) is 1. The summed E-state index contributed by atoms with van der Waals surface area (Å²) in [6, 6.07) is 3.57. The first-order chi connectivity index (χ1) is 7.10. The highest BCUT2D eigenvalue weighted by Gasteiger charge is 2.40. The Morgan fingerprint density at radius 3 is 2.73 bits per heavy atom. The monoisotopic (exact) mass is 269 g/mol. The summed E-state index contributed by atoms with van der Waals surface area (Å²) in [4.78, 5) is 15.8. The van der Waals surface area contributed by atoms with Gasteiger partial charge >= 0.3 is 0 Å². The van der Waals surface area contributed by atoms with Gasteiger partial charge in [0.1, 0.15) is 5.82 Å². The van der Waals surface area contributed by atoms with Crippen LogP contribution in [0.3, 0.4) is 0 Å². The Bertz CT molecular complexity index is 373. The molecule has 1 aromatic heterocycles. The number of nitrogens with one attached hydrogen (secondary N) is 1. The van der Waals surface area contributed by atoms with Crippen LogP contribution in [0.15, 0.2) is 22.8 Å². The third-order valence-electron chi connectivity index (χ3n) is 2.67. The van der Waals surface area contributed by atoms with Crippen LogP contribution in [0, 0.1) is 0 Å². The molecule has 0 aliphatic heterocycles. The van der Waals surface area contributed by atoms with E-state index in [9.17, 15) is 4.79 Å². The van der Waals surface area contributed by atoms with Crippen LogP contribution < -0.4 is 11.1 Å². The van der Waals surface area contributed by atoms with Gasteiger partial charge in [0.25, 0.3) is 0 Å². The Morgan fingerprint density at radius 2 is 2.27 bits per heavy atom. The zero-order chi connectivity index (χ0) is 10.9. The summed E-state index contributed by atoms with van der Waals surface area (Å²) in [6.07, 6.45) is 4.18. The Labute approximate surface area is 96.4 Å². The maximum Gasteiger partial charge on any atom is 0.245 e. The van der Waals surface area contributed by atoms with Crippen LogP contribution >= 0.6 is 15.9 Å². The number of amides is 1. The Morgan fingerprint density at radius 1 is 1.53 bits per heavy atom. The molecule has 1 fully saturated rings. The molecular formula is C10H12BrN3O. The summed E-state index contributed by atoms with van der Waals surface area (Å²) in [5.41, 5.74) is 5.20. The topological polar surface area (TPSA) is 68.0 Å². The molecule has 0 atom stereocenters. The van der Waals surface area contributed by atoms with Crippen molar-refractivity contribution in [2.45, 2.75) is 24.8 Å². The van der Waals surface area contributed by atoms with Crippen molar-refractivity contribution >= 4 is 27.7 Å². The number of halogens is 1. The first-order valence-electron chi connectivity index (χ1n) is 4.82. The standard InChI is InChI=1S/C10H12BrN3O/c11-7-2-3-8(13-6-7)14-9(15)10(12)4-1-5-10/h2-3,6H,1,4-5,12H2,(H,13,14,15). The van der Waals surface area contributed by atoms with Crippen LogP contribution in [0.25, 0.3) is 0 Å². The fourth-order valence-corrected chi connectivity index (χ4v) is 1.71. The van der Waals surface area contributed by atoms with Crippen LogP contribution in [0.4, 0.5) is 5.82 Å². The predicted molar refractivity (Wildman–Crippen MR) is 61.3 cm³/mol. The van der Waals surface area contributed by atoms with E-state index in [1.807, 2.05) is 6.07 Å². The van der Waals surface area contributed by atoms with Crippen LogP contribution in [0.1, 0.15) is 19.3 Å². The van der Waals surface area contributed by atoms with Crippen LogP contribution in [0.5, 0.6) is 0 Å². The van der Waals surface area contributed by atoms with Crippen LogP contribution in [-0.2, 0) is 4.79 Å². The largest absolute Gasteiger partial charge is 0.317 e. The third kappa shape index (κ3) is 2.18. The van der Waals surface area contributed by atoms with Gasteiger partial charge in [-0.15, -0.1) is 0 Å². The molecule has 1 aromatic rings. The second-order valence-corrected chi connectivity index (χ2v) is 4.74. The summed E-state index contributed by atoms with van der Waals surface area (Å²) >= 11 is 3.28. The summed E-state index contributed by atoms with van der Waals surface area (Å²) in [7, 11) is 0. The summed E-state index contributed by atoms with van der Waals surface area (Å²) in [5.74, 6) is 0.406. The first-order valence-corrected chi connectivity index (χ1v) is 5.61. The van der Waals surface area contributed by atoms with Gasteiger partial charge in [0.05, 0.1) is 5.54 Å². The van der Waals surface area contributed by atoms with Crippen LogP contribution in [-0.4, -0.2) is 16.4 Å². The average molecular weight is 270 g/mol. The van der Waals surface area contributed by atoms with E-state index in [-0.39, 0.29) is 5.91 Å². The number of anilines is 1. The van der Waals surface area contributed by atoms with Crippen molar-refractivity contribution in [3.8, 4) is 0 Å². The summed E-state index contributed by atoms with van der Waals surface area (Å²) < 4.78 is 0.881. The molecule has 0 aromatic carbocycles. The van der Waals surface area contributed by atoms with Crippen molar-refractivity contribution in [2.75, 3.05) is 5.32 Å². The number of rotatable bonds is 2. The van der Waals surface area contributed by atoms with Gasteiger partial charge in [-0.2, -0.15) is 0 Å². The second-order valence-electron chi connectivity index (χ2n) is 3.83. The molecule has 1 saturated carbocycles. The van der Waals surface area contributed by atoms with Crippen molar-refractivity contribution in [3.63, 3.8) is 0 Å². The zero-order valence-corrected chi connectivity index (χ0v) is 9.75. The SMILES string of the molecule is NC1(C(=O)Nc2ccc(Br)cn2)CCC1. The maximum atomic E-state index is 11.7. The smallest absolute Gasteiger partial charge is 0.245 e. The number of carbonyl (C=O) groups excluding carboxylic acids is 1. The minimum absolute atomic E-state index is 0.136. The molecule has 3 N–H and O–H groups in total. The van der Waals surface area contributed by atoms with Crippen molar-refractivity contribution in [2.24, 2.45) is 5.73 Å². The van der Waals surface area contributed by atoms with E-state index in [0.29, 0.717) is 5.82 Å². The van der Waals surface area contributed by atoms with E-state index < -0.39 is 5.54 Å². The number of carbonyl (C=O) groups is 1. The maximum absolute atomic E-state index is 11.7. The second kappa shape index (κ2) is 3.90. The van der Waals surface area contributed by atoms with Gasteiger partial charge in [0, 0.05) is 10.7 Å². The molecule has 1 amide bonds. The van der Waals surface area contributed by atoms with Crippen molar-refractivity contribution < 1.29 is 4.79 Å². The molecule has 80 valence electrons. The molecule has 4 nitrogen and oxygen atoms in total. The fraction of sp³-hybridized carbons (Fsp3) is 0.400. The fourth-order valence-electron chi connectivity index (χ4n) is 1.48. The van der Waals surface area contributed by atoms with Gasteiger partial charge in [0.15, 0.2) is 0 Å². The lowest BCUT2D eigenvalue weighted by molar-refractivity contribution is -0.123. The molecule has 5 heteroatoms. The minimum Gasteiger partial charge on any atom is -0.317 e. The molecule has 0 spiro atoms. The van der Waals surface area contributed by atoms with Gasteiger partial charge in [-0.1, -0.05) is 0 Å². The minimum atomic E-state index is -0.672. The lowest BCUT2D eigenvalue weighted by Gasteiger charge is -2.35. The summed E-state index contributed by atoms with van der Waals surface area (Å²) in [5, 5.41) is 2.72. The Hall–Kier alpha value is -0.940. The molecule has 1 heterocycles. The van der Waals surface area contributed by atoms with E-state index in [1.54, 1.807) is 12.3 Å². The van der Waals surface area contributed by atoms with E-state index in [4.69, 9.17) is 5.73 Å². The zero-order valence-electron chi connectivity index (χ0n) is 8.16. The molecular weight excluding hydrogens is 258 g/mol. The molecule has 0 unspecified atom stereocenters. The van der Waals surface area contributed by atoms with Gasteiger partial charge in [-0.05, 0) is 47.3 Å². The van der Waals surface area contributed by atoms with E-state index >= 15 is 0 Å². The van der Waals surface area contributed by atoms with Crippen molar-refractivity contribution in [3.05, 3.63) is 22.8 Å². The van der Waals surface area contributed by atoms with Crippen molar-refractivity contribution in [1.29, 1.82) is 0 Å². The molecule has 1 aliphatic rings. The lowest BCUT2D eigenvalue weighted by Crippen LogP contribution is -2.56.